The van der Waals surface area contributed by atoms with E-state index in [4.69, 9.17) is 4.74 Å². The summed E-state index contributed by atoms with van der Waals surface area (Å²) in [5.41, 5.74) is 5.58. The van der Waals surface area contributed by atoms with Gasteiger partial charge in [-0.2, -0.15) is 0 Å². The Morgan fingerprint density at radius 1 is 0.903 bits per heavy atom. The first-order chi connectivity index (χ1) is 14.8. The predicted octanol–water partition coefficient (Wildman–Crippen LogP) is 4.95. The van der Waals surface area contributed by atoms with E-state index in [0.717, 1.165) is 27.9 Å². The molecule has 3 aromatic rings. The molecule has 3 rings (SSSR count). The maximum atomic E-state index is 12.6. The molecular weight excluding hydrogens is 388 g/mol. The minimum atomic E-state index is -0.683. The van der Waals surface area contributed by atoms with Gasteiger partial charge in [-0.3, -0.25) is 9.59 Å². The number of hydrogen-bond donors (Lipinski definition) is 2. The Balaban J connectivity index is 1.56. The Morgan fingerprint density at radius 2 is 1.52 bits per heavy atom. The standard InChI is InChI=1S/C26H28N2O3/c1-17-14-18(2)24(19(3)15-17)28-25(29)20(4)31-23-12-10-22(11-13-23)26(30)27-16-21-8-6-5-7-9-21/h5-15,20H,16H2,1-4H3,(H,27,30)(H,28,29)/t20-/m0/s1. The Kier molecular flexibility index (Phi) is 7.08. The van der Waals surface area contributed by atoms with E-state index in [1.54, 1.807) is 31.2 Å². The molecule has 1 atom stereocenters. The second-order valence-corrected chi connectivity index (χ2v) is 7.72. The zero-order valence-electron chi connectivity index (χ0n) is 18.4. The van der Waals surface area contributed by atoms with Gasteiger partial charge < -0.3 is 15.4 Å². The van der Waals surface area contributed by atoms with E-state index >= 15 is 0 Å². The van der Waals surface area contributed by atoms with Crippen molar-refractivity contribution >= 4 is 17.5 Å². The van der Waals surface area contributed by atoms with E-state index in [9.17, 15) is 9.59 Å². The van der Waals surface area contributed by atoms with Crippen LogP contribution in [0, 0.1) is 20.8 Å². The summed E-state index contributed by atoms with van der Waals surface area (Å²) < 4.78 is 5.77. The molecule has 0 saturated heterocycles. The van der Waals surface area contributed by atoms with Crippen molar-refractivity contribution in [1.82, 2.24) is 5.32 Å². The Hall–Kier alpha value is -3.60. The fourth-order valence-corrected chi connectivity index (χ4v) is 3.42. The summed E-state index contributed by atoms with van der Waals surface area (Å²) in [6.45, 7) is 8.15. The van der Waals surface area contributed by atoms with E-state index < -0.39 is 6.10 Å². The van der Waals surface area contributed by atoms with Crippen molar-refractivity contribution in [3.8, 4) is 5.75 Å². The van der Waals surface area contributed by atoms with Crippen molar-refractivity contribution in [3.05, 3.63) is 94.5 Å². The van der Waals surface area contributed by atoms with Gasteiger partial charge in [0.25, 0.3) is 11.8 Å². The van der Waals surface area contributed by atoms with Gasteiger partial charge in [-0.25, -0.2) is 0 Å². The normalized spacial score (nSPS) is 11.5. The summed E-state index contributed by atoms with van der Waals surface area (Å²) in [5, 5.41) is 5.85. The van der Waals surface area contributed by atoms with Crippen LogP contribution < -0.4 is 15.4 Å². The van der Waals surface area contributed by atoms with Crippen molar-refractivity contribution in [3.63, 3.8) is 0 Å². The maximum Gasteiger partial charge on any atom is 0.265 e. The maximum absolute atomic E-state index is 12.6. The van der Waals surface area contributed by atoms with Crippen LogP contribution >= 0.6 is 0 Å². The van der Waals surface area contributed by atoms with Gasteiger partial charge in [0.1, 0.15) is 5.75 Å². The molecule has 0 saturated carbocycles. The molecule has 5 heteroatoms. The van der Waals surface area contributed by atoms with Crippen LogP contribution in [0.25, 0.3) is 0 Å². The Labute approximate surface area is 183 Å². The molecule has 0 bridgehead atoms. The first kappa shape index (κ1) is 22.1. The predicted molar refractivity (Wildman–Crippen MR) is 123 cm³/mol. The van der Waals surface area contributed by atoms with Crippen LogP contribution in [0.1, 0.15) is 39.5 Å². The quantitative estimate of drug-likeness (QED) is 0.573. The number of ether oxygens (including phenoxy) is 1. The van der Waals surface area contributed by atoms with Crippen molar-refractivity contribution in [1.29, 1.82) is 0 Å². The second-order valence-electron chi connectivity index (χ2n) is 7.72. The highest BCUT2D eigenvalue weighted by Gasteiger charge is 2.17. The van der Waals surface area contributed by atoms with E-state index in [1.807, 2.05) is 63.2 Å². The number of carbonyl (C=O) groups is 2. The average molecular weight is 417 g/mol. The van der Waals surface area contributed by atoms with Crippen LogP contribution in [-0.2, 0) is 11.3 Å². The molecular formula is C26H28N2O3. The molecule has 0 radical (unpaired) electrons. The van der Waals surface area contributed by atoms with Gasteiger partial charge in [-0.05, 0) is 68.7 Å². The topological polar surface area (TPSA) is 67.4 Å². The second kappa shape index (κ2) is 9.94. The molecule has 0 aliphatic heterocycles. The van der Waals surface area contributed by atoms with Gasteiger partial charge in [0.05, 0.1) is 0 Å². The highest BCUT2D eigenvalue weighted by Crippen LogP contribution is 2.22. The Morgan fingerprint density at radius 3 is 2.13 bits per heavy atom. The minimum Gasteiger partial charge on any atom is -0.481 e. The minimum absolute atomic E-state index is 0.161. The van der Waals surface area contributed by atoms with Gasteiger partial charge in [0, 0.05) is 17.8 Å². The van der Waals surface area contributed by atoms with Gasteiger partial charge in [-0.15, -0.1) is 0 Å². The van der Waals surface area contributed by atoms with Crippen LogP contribution in [0.2, 0.25) is 0 Å². The highest BCUT2D eigenvalue weighted by molar-refractivity contribution is 5.96. The van der Waals surface area contributed by atoms with E-state index in [2.05, 4.69) is 10.6 Å². The lowest BCUT2D eigenvalue weighted by Gasteiger charge is -2.18. The summed E-state index contributed by atoms with van der Waals surface area (Å²) >= 11 is 0. The molecule has 0 unspecified atom stereocenters. The summed E-state index contributed by atoms with van der Waals surface area (Å²) in [6.07, 6.45) is -0.683. The van der Waals surface area contributed by atoms with Crippen molar-refractivity contribution in [2.75, 3.05) is 5.32 Å². The zero-order valence-corrected chi connectivity index (χ0v) is 18.4. The third-order valence-corrected chi connectivity index (χ3v) is 5.02. The molecule has 0 fully saturated rings. The highest BCUT2D eigenvalue weighted by atomic mass is 16.5. The van der Waals surface area contributed by atoms with Crippen molar-refractivity contribution in [2.24, 2.45) is 0 Å². The molecule has 0 heterocycles. The number of anilines is 1. The lowest BCUT2D eigenvalue weighted by atomic mass is 10.0. The Bertz CT molecular complexity index is 1040. The molecule has 2 N–H and O–H groups in total. The van der Waals surface area contributed by atoms with Crippen LogP contribution in [0.5, 0.6) is 5.75 Å². The van der Waals surface area contributed by atoms with Crippen LogP contribution in [-0.4, -0.2) is 17.9 Å². The monoisotopic (exact) mass is 416 g/mol. The molecule has 0 aliphatic rings. The molecule has 160 valence electrons. The molecule has 0 aromatic heterocycles. The van der Waals surface area contributed by atoms with Gasteiger partial charge in [-0.1, -0.05) is 48.0 Å². The van der Waals surface area contributed by atoms with Gasteiger partial charge in [0.2, 0.25) is 0 Å². The average Bonchev–Trinajstić information content (AvgIpc) is 2.75. The third kappa shape index (κ3) is 5.95. The lowest BCUT2D eigenvalue weighted by molar-refractivity contribution is -0.122. The largest absolute Gasteiger partial charge is 0.481 e. The van der Waals surface area contributed by atoms with Crippen molar-refractivity contribution < 1.29 is 14.3 Å². The molecule has 2 amide bonds. The number of carbonyl (C=O) groups excluding carboxylic acids is 2. The summed E-state index contributed by atoms with van der Waals surface area (Å²) in [5.74, 6) is 0.144. The number of benzene rings is 3. The third-order valence-electron chi connectivity index (χ3n) is 5.02. The van der Waals surface area contributed by atoms with E-state index in [-0.39, 0.29) is 11.8 Å². The number of rotatable bonds is 7. The number of hydrogen-bond acceptors (Lipinski definition) is 3. The summed E-state index contributed by atoms with van der Waals surface area (Å²) in [6, 6.07) is 20.6. The number of nitrogens with one attached hydrogen (secondary N) is 2. The molecule has 0 spiro atoms. The molecule has 31 heavy (non-hydrogen) atoms. The molecule has 0 aliphatic carbocycles. The van der Waals surface area contributed by atoms with E-state index in [1.165, 1.54) is 0 Å². The molecule has 5 nitrogen and oxygen atoms in total. The zero-order chi connectivity index (χ0) is 22.4. The fraction of sp³-hybridized carbons (Fsp3) is 0.231. The number of amides is 2. The summed E-state index contributed by atoms with van der Waals surface area (Å²) in [7, 11) is 0. The SMILES string of the molecule is Cc1cc(C)c(NC(=O)[C@H](C)Oc2ccc(C(=O)NCc3ccccc3)cc2)c(C)c1. The first-order valence-corrected chi connectivity index (χ1v) is 10.3. The summed E-state index contributed by atoms with van der Waals surface area (Å²) in [4.78, 5) is 24.9. The number of aryl methyl sites for hydroxylation is 3. The fourth-order valence-electron chi connectivity index (χ4n) is 3.42. The lowest BCUT2D eigenvalue weighted by Crippen LogP contribution is -2.30. The van der Waals surface area contributed by atoms with E-state index in [0.29, 0.717) is 17.9 Å². The first-order valence-electron chi connectivity index (χ1n) is 10.3. The van der Waals surface area contributed by atoms with Gasteiger partial charge in [0.15, 0.2) is 6.10 Å². The van der Waals surface area contributed by atoms with Crippen molar-refractivity contribution in [2.45, 2.75) is 40.3 Å². The van der Waals surface area contributed by atoms with Crippen LogP contribution in [0.3, 0.4) is 0 Å². The van der Waals surface area contributed by atoms with Gasteiger partial charge >= 0.3 is 0 Å². The molecule has 3 aromatic carbocycles. The van der Waals surface area contributed by atoms with Crippen LogP contribution in [0.15, 0.2) is 66.7 Å². The van der Waals surface area contributed by atoms with Crippen LogP contribution in [0.4, 0.5) is 5.69 Å². The smallest absolute Gasteiger partial charge is 0.265 e.